The molecule has 17 heavy (non-hydrogen) atoms. The van der Waals surface area contributed by atoms with E-state index >= 15 is 0 Å². The summed E-state index contributed by atoms with van der Waals surface area (Å²) in [5.74, 6) is -0.606. The molecular weight excluding hydrogens is 266 g/mol. The van der Waals surface area contributed by atoms with Crippen LogP contribution in [0.1, 0.15) is 11.4 Å². The smallest absolute Gasteiger partial charge is 0.286 e. The molecule has 2 aromatic rings. The molecule has 0 atom stereocenters. The molecule has 0 aliphatic heterocycles. The fourth-order valence-electron chi connectivity index (χ4n) is 1.37. The van der Waals surface area contributed by atoms with Gasteiger partial charge in [0.15, 0.2) is 0 Å². The molecule has 1 N–H and O–H groups in total. The van der Waals surface area contributed by atoms with Gasteiger partial charge in [-0.25, -0.2) is 4.98 Å². The molecule has 0 radical (unpaired) electrons. The van der Waals surface area contributed by atoms with E-state index in [1.807, 2.05) is 0 Å². The van der Waals surface area contributed by atoms with Gasteiger partial charge in [0.25, 0.3) is 5.56 Å². The van der Waals surface area contributed by atoms with E-state index < -0.39 is 11.4 Å². The number of aromatic nitrogens is 2. The lowest BCUT2D eigenvalue weighted by molar-refractivity contribution is 0.595. The summed E-state index contributed by atoms with van der Waals surface area (Å²) in [7, 11) is 0. The largest absolute Gasteiger partial charge is 0.308 e. The van der Waals surface area contributed by atoms with Gasteiger partial charge in [-0.3, -0.25) is 4.79 Å². The summed E-state index contributed by atoms with van der Waals surface area (Å²) in [6.07, 6.45) is 1.12. The normalized spacial score (nSPS) is 10.5. The van der Waals surface area contributed by atoms with Crippen molar-refractivity contribution in [3.05, 3.63) is 62.0 Å². The number of aromatic amines is 1. The van der Waals surface area contributed by atoms with Gasteiger partial charge in [0.2, 0.25) is 5.82 Å². The van der Waals surface area contributed by atoms with Crippen LogP contribution in [0.15, 0.2) is 29.2 Å². The fraction of sp³-hybridized carbons (Fsp3) is 0.0909. The maximum Gasteiger partial charge on any atom is 0.286 e. The van der Waals surface area contributed by atoms with Gasteiger partial charge >= 0.3 is 0 Å². The van der Waals surface area contributed by atoms with Crippen LogP contribution >= 0.6 is 23.2 Å². The lowest BCUT2D eigenvalue weighted by atomic mass is 10.1. The summed E-state index contributed by atoms with van der Waals surface area (Å²) >= 11 is 11.9. The minimum Gasteiger partial charge on any atom is -0.308 e. The topological polar surface area (TPSA) is 45.8 Å². The first-order chi connectivity index (χ1) is 8.08. The Kier molecular flexibility index (Phi) is 3.45. The molecule has 1 aromatic carbocycles. The van der Waals surface area contributed by atoms with E-state index in [1.165, 1.54) is 0 Å². The quantitative estimate of drug-likeness (QED) is 0.914. The second-order valence-corrected chi connectivity index (χ2v) is 4.20. The highest BCUT2D eigenvalue weighted by atomic mass is 35.5. The maximum absolute atomic E-state index is 12.7. The predicted octanol–water partition coefficient (Wildman–Crippen LogP) is 2.81. The molecule has 0 aliphatic carbocycles. The van der Waals surface area contributed by atoms with Crippen molar-refractivity contribution in [2.45, 2.75) is 6.42 Å². The van der Waals surface area contributed by atoms with E-state index in [1.54, 1.807) is 18.2 Å². The Hall–Kier alpha value is -1.39. The third-order valence-electron chi connectivity index (χ3n) is 2.21. The van der Waals surface area contributed by atoms with Crippen molar-refractivity contribution in [2.24, 2.45) is 0 Å². The van der Waals surface area contributed by atoms with Crippen molar-refractivity contribution < 1.29 is 4.39 Å². The van der Waals surface area contributed by atoms with E-state index in [0.29, 0.717) is 21.4 Å². The Morgan fingerprint density at radius 2 is 1.94 bits per heavy atom. The predicted molar refractivity (Wildman–Crippen MR) is 64.1 cm³/mol. The first kappa shape index (κ1) is 12.1. The monoisotopic (exact) mass is 272 g/mol. The van der Waals surface area contributed by atoms with E-state index in [4.69, 9.17) is 23.2 Å². The second kappa shape index (κ2) is 4.85. The zero-order chi connectivity index (χ0) is 12.4. The Bertz CT molecular complexity index is 592. The molecule has 2 rings (SSSR count). The number of nitrogens with one attached hydrogen (secondary N) is 1. The molecule has 0 fully saturated rings. The van der Waals surface area contributed by atoms with Crippen LogP contribution in [-0.4, -0.2) is 9.97 Å². The Morgan fingerprint density at radius 1 is 1.29 bits per heavy atom. The highest BCUT2D eigenvalue weighted by molar-refractivity contribution is 6.36. The standard InChI is InChI=1S/C11H7Cl2FN2O/c12-7-2-1-3-8(13)6(7)4-10-15-5-9(14)11(17)16-10/h1-3,5H,4H2,(H,15,16,17). The molecule has 0 saturated heterocycles. The molecule has 0 bridgehead atoms. The van der Waals surface area contributed by atoms with Crippen LogP contribution in [0, 0.1) is 5.82 Å². The van der Waals surface area contributed by atoms with Crippen LogP contribution in [0.4, 0.5) is 4.39 Å². The zero-order valence-electron chi connectivity index (χ0n) is 8.51. The van der Waals surface area contributed by atoms with Crippen LogP contribution in [-0.2, 0) is 6.42 Å². The number of H-pyrrole nitrogens is 1. The van der Waals surface area contributed by atoms with Gasteiger partial charge in [-0.2, -0.15) is 4.39 Å². The zero-order valence-corrected chi connectivity index (χ0v) is 10.0. The van der Waals surface area contributed by atoms with Crippen LogP contribution in [0.2, 0.25) is 10.0 Å². The highest BCUT2D eigenvalue weighted by Crippen LogP contribution is 2.25. The molecule has 0 saturated carbocycles. The van der Waals surface area contributed by atoms with E-state index in [2.05, 4.69) is 9.97 Å². The van der Waals surface area contributed by atoms with Crippen molar-refractivity contribution >= 4 is 23.2 Å². The second-order valence-electron chi connectivity index (χ2n) is 3.38. The number of benzene rings is 1. The Labute approximate surface area is 106 Å². The lowest BCUT2D eigenvalue weighted by Gasteiger charge is -2.05. The molecule has 1 heterocycles. The third-order valence-corrected chi connectivity index (χ3v) is 2.92. The van der Waals surface area contributed by atoms with Crippen molar-refractivity contribution in [1.82, 2.24) is 9.97 Å². The van der Waals surface area contributed by atoms with Gasteiger partial charge in [0.05, 0.1) is 6.20 Å². The van der Waals surface area contributed by atoms with E-state index in [0.717, 1.165) is 6.20 Å². The number of nitrogens with zero attached hydrogens (tertiary/aromatic N) is 1. The molecule has 3 nitrogen and oxygen atoms in total. The summed E-state index contributed by atoms with van der Waals surface area (Å²) < 4.78 is 12.7. The van der Waals surface area contributed by atoms with Crippen molar-refractivity contribution in [1.29, 1.82) is 0 Å². The van der Waals surface area contributed by atoms with Gasteiger partial charge in [-0.1, -0.05) is 29.3 Å². The maximum atomic E-state index is 12.7. The number of hydrogen-bond donors (Lipinski definition) is 1. The average Bonchev–Trinajstić information content (AvgIpc) is 2.28. The number of hydrogen-bond acceptors (Lipinski definition) is 2. The Morgan fingerprint density at radius 3 is 2.53 bits per heavy atom. The van der Waals surface area contributed by atoms with Crippen LogP contribution in [0.25, 0.3) is 0 Å². The third kappa shape index (κ3) is 2.65. The fourth-order valence-corrected chi connectivity index (χ4v) is 1.91. The average molecular weight is 273 g/mol. The Balaban J connectivity index is 2.38. The minimum absolute atomic E-state index is 0.244. The summed E-state index contributed by atoms with van der Waals surface area (Å²) in [6.45, 7) is 0. The summed E-state index contributed by atoms with van der Waals surface area (Å²) in [6, 6.07) is 5.09. The van der Waals surface area contributed by atoms with Crippen molar-refractivity contribution in [3.63, 3.8) is 0 Å². The van der Waals surface area contributed by atoms with Crippen LogP contribution < -0.4 is 5.56 Å². The molecule has 1 aromatic heterocycles. The highest BCUT2D eigenvalue weighted by Gasteiger charge is 2.08. The summed E-state index contributed by atoms with van der Waals surface area (Å²) in [4.78, 5) is 17.2. The molecule has 88 valence electrons. The van der Waals surface area contributed by atoms with Crippen LogP contribution in [0.5, 0.6) is 0 Å². The van der Waals surface area contributed by atoms with Crippen LogP contribution in [0.3, 0.4) is 0 Å². The molecule has 0 amide bonds. The van der Waals surface area contributed by atoms with Crippen molar-refractivity contribution in [3.8, 4) is 0 Å². The molecule has 0 unspecified atom stereocenters. The van der Waals surface area contributed by atoms with Gasteiger partial charge in [0.1, 0.15) is 5.82 Å². The number of rotatable bonds is 2. The van der Waals surface area contributed by atoms with Gasteiger partial charge in [-0.15, -0.1) is 0 Å². The van der Waals surface area contributed by atoms with E-state index in [-0.39, 0.29) is 6.42 Å². The first-order valence-corrected chi connectivity index (χ1v) is 5.50. The van der Waals surface area contributed by atoms with Gasteiger partial charge < -0.3 is 4.98 Å². The molecule has 0 aliphatic rings. The summed E-state index contributed by atoms with van der Waals surface area (Å²) in [5, 5.41) is 0.953. The molecule has 6 heteroatoms. The molecule has 0 spiro atoms. The van der Waals surface area contributed by atoms with Gasteiger partial charge in [-0.05, 0) is 17.7 Å². The van der Waals surface area contributed by atoms with Gasteiger partial charge in [0, 0.05) is 16.5 Å². The number of halogens is 3. The first-order valence-electron chi connectivity index (χ1n) is 4.74. The summed E-state index contributed by atoms with van der Waals surface area (Å²) in [5.41, 5.74) is -0.163. The lowest BCUT2D eigenvalue weighted by Crippen LogP contribution is -2.14. The van der Waals surface area contributed by atoms with Crippen molar-refractivity contribution in [2.75, 3.05) is 0 Å². The SMILES string of the molecule is O=c1[nH]c(Cc2c(Cl)cccc2Cl)ncc1F. The minimum atomic E-state index is -0.918. The van der Waals surface area contributed by atoms with E-state index in [9.17, 15) is 9.18 Å². The molecular formula is C11H7Cl2FN2O.